The average molecular weight is 273 g/mol. The van der Waals surface area contributed by atoms with Crippen LogP contribution in [0.2, 0.25) is 0 Å². The largest absolute Gasteiger partial charge is 0.477 e. The predicted octanol–water partition coefficient (Wildman–Crippen LogP) is 1.61. The summed E-state index contributed by atoms with van der Waals surface area (Å²) in [5.41, 5.74) is 2.77. The third kappa shape index (κ3) is 2.50. The molecule has 2 aromatic rings. The van der Waals surface area contributed by atoms with E-state index in [4.69, 9.17) is 9.84 Å². The molecule has 1 aliphatic heterocycles. The van der Waals surface area contributed by atoms with Crippen LogP contribution in [-0.4, -0.2) is 47.6 Å². The Bertz CT molecular complexity index is 600. The van der Waals surface area contributed by atoms with Gasteiger partial charge in [0, 0.05) is 24.3 Å². The van der Waals surface area contributed by atoms with Gasteiger partial charge in [-0.3, -0.25) is 5.10 Å². The van der Waals surface area contributed by atoms with Crippen molar-refractivity contribution in [3.8, 4) is 11.3 Å². The van der Waals surface area contributed by atoms with Crippen LogP contribution in [-0.2, 0) is 4.74 Å². The summed E-state index contributed by atoms with van der Waals surface area (Å²) in [5.74, 6) is -1.01. The van der Waals surface area contributed by atoms with Crippen molar-refractivity contribution in [2.45, 2.75) is 0 Å². The fourth-order valence-electron chi connectivity index (χ4n) is 2.24. The molecule has 20 heavy (non-hydrogen) atoms. The summed E-state index contributed by atoms with van der Waals surface area (Å²) < 4.78 is 5.33. The van der Waals surface area contributed by atoms with E-state index < -0.39 is 5.97 Å². The minimum atomic E-state index is -1.01. The third-order valence-electron chi connectivity index (χ3n) is 3.35. The van der Waals surface area contributed by atoms with Crippen molar-refractivity contribution in [2.24, 2.45) is 0 Å². The zero-order valence-electron chi connectivity index (χ0n) is 10.9. The lowest BCUT2D eigenvalue weighted by Gasteiger charge is -2.28. The maximum atomic E-state index is 10.8. The molecule has 0 atom stereocenters. The maximum absolute atomic E-state index is 10.8. The third-order valence-corrected chi connectivity index (χ3v) is 3.35. The second-order valence-electron chi connectivity index (χ2n) is 4.62. The molecule has 0 bridgehead atoms. The molecule has 0 unspecified atom stereocenters. The Morgan fingerprint density at radius 2 is 1.95 bits per heavy atom. The van der Waals surface area contributed by atoms with E-state index in [1.54, 1.807) is 0 Å². The molecule has 1 aromatic heterocycles. The second kappa shape index (κ2) is 5.34. The highest BCUT2D eigenvalue weighted by atomic mass is 16.5. The number of anilines is 1. The highest BCUT2D eigenvalue weighted by molar-refractivity contribution is 5.86. The number of aromatic nitrogens is 2. The number of aromatic carboxylic acids is 1. The number of hydrogen-bond donors (Lipinski definition) is 2. The van der Waals surface area contributed by atoms with Gasteiger partial charge in [0.05, 0.1) is 18.9 Å². The highest BCUT2D eigenvalue weighted by Gasteiger charge is 2.12. The van der Waals surface area contributed by atoms with Crippen LogP contribution in [0.25, 0.3) is 11.3 Å². The number of ether oxygens (including phenoxy) is 1. The van der Waals surface area contributed by atoms with Gasteiger partial charge < -0.3 is 14.7 Å². The van der Waals surface area contributed by atoms with E-state index in [0.717, 1.165) is 37.6 Å². The molecular formula is C14H15N3O3. The molecule has 0 spiro atoms. The smallest absolute Gasteiger partial charge is 0.353 e. The second-order valence-corrected chi connectivity index (χ2v) is 4.62. The molecule has 2 heterocycles. The topological polar surface area (TPSA) is 78.4 Å². The van der Waals surface area contributed by atoms with Crippen molar-refractivity contribution in [1.82, 2.24) is 10.2 Å². The average Bonchev–Trinajstić information content (AvgIpc) is 2.98. The summed E-state index contributed by atoms with van der Waals surface area (Å²) in [4.78, 5) is 13.1. The van der Waals surface area contributed by atoms with E-state index in [2.05, 4.69) is 15.1 Å². The minimum Gasteiger partial charge on any atom is -0.477 e. The molecule has 6 nitrogen and oxygen atoms in total. The fourth-order valence-corrected chi connectivity index (χ4v) is 2.24. The lowest BCUT2D eigenvalue weighted by Crippen LogP contribution is -2.36. The van der Waals surface area contributed by atoms with Gasteiger partial charge in [-0.05, 0) is 18.2 Å². The number of hydrogen-bond acceptors (Lipinski definition) is 4. The van der Waals surface area contributed by atoms with Crippen molar-refractivity contribution in [2.75, 3.05) is 31.2 Å². The zero-order valence-corrected chi connectivity index (χ0v) is 10.9. The van der Waals surface area contributed by atoms with Crippen LogP contribution in [0.5, 0.6) is 0 Å². The molecule has 104 valence electrons. The van der Waals surface area contributed by atoms with Crippen molar-refractivity contribution in [1.29, 1.82) is 0 Å². The molecule has 6 heteroatoms. The van der Waals surface area contributed by atoms with E-state index in [9.17, 15) is 4.79 Å². The van der Waals surface area contributed by atoms with Crippen LogP contribution in [0.15, 0.2) is 30.3 Å². The van der Waals surface area contributed by atoms with Gasteiger partial charge in [0.1, 0.15) is 5.69 Å². The van der Waals surface area contributed by atoms with E-state index >= 15 is 0 Å². The Kier molecular flexibility index (Phi) is 3.39. The molecule has 1 aromatic carbocycles. The molecule has 2 N–H and O–H groups in total. The van der Waals surface area contributed by atoms with Gasteiger partial charge in [0.15, 0.2) is 0 Å². The summed E-state index contributed by atoms with van der Waals surface area (Å²) in [6.45, 7) is 3.29. The number of morpholine rings is 1. The molecule has 1 aliphatic rings. The van der Waals surface area contributed by atoms with Gasteiger partial charge in [-0.2, -0.15) is 5.10 Å². The van der Waals surface area contributed by atoms with Crippen LogP contribution in [0.4, 0.5) is 5.69 Å². The first kappa shape index (κ1) is 12.7. The van der Waals surface area contributed by atoms with E-state index in [1.807, 2.05) is 24.3 Å². The van der Waals surface area contributed by atoms with Gasteiger partial charge in [0.25, 0.3) is 0 Å². The van der Waals surface area contributed by atoms with Crippen LogP contribution in [0.3, 0.4) is 0 Å². The summed E-state index contributed by atoms with van der Waals surface area (Å²) in [6.07, 6.45) is 0. The SMILES string of the molecule is O=C(O)c1cc(-c2ccc(N3CCOCC3)cc2)n[nH]1. The lowest BCUT2D eigenvalue weighted by atomic mass is 10.1. The van der Waals surface area contributed by atoms with Gasteiger partial charge in [0.2, 0.25) is 0 Å². The van der Waals surface area contributed by atoms with Crippen molar-refractivity contribution >= 4 is 11.7 Å². The monoisotopic (exact) mass is 273 g/mol. The van der Waals surface area contributed by atoms with Crippen LogP contribution >= 0.6 is 0 Å². The normalized spacial score (nSPS) is 15.3. The molecule has 0 aliphatic carbocycles. The Hall–Kier alpha value is -2.34. The first-order valence-corrected chi connectivity index (χ1v) is 6.46. The van der Waals surface area contributed by atoms with Gasteiger partial charge >= 0.3 is 5.97 Å². The number of aromatic amines is 1. The van der Waals surface area contributed by atoms with Gasteiger partial charge in [-0.25, -0.2) is 4.79 Å². The lowest BCUT2D eigenvalue weighted by molar-refractivity contribution is 0.0690. The first-order chi connectivity index (χ1) is 9.74. The van der Waals surface area contributed by atoms with E-state index in [1.165, 1.54) is 6.07 Å². The predicted molar refractivity (Wildman–Crippen MR) is 74.0 cm³/mol. The van der Waals surface area contributed by atoms with Gasteiger partial charge in [-0.1, -0.05) is 12.1 Å². The quantitative estimate of drug-likeness (QED) is 0.888. The van der Waals surface area contributed by atoms with Crippen LogP contribution in [0.1, 0.15) is 10.5 Å². The number of carboxylic acids is 1. The first-order valence-electron chi connectivity index (χ1n) is 6.46. The molecule has 0 saturated carbocycles. The van der Waals surface area contributed by atoms with Crippen molar-refractivity contribution < 1.29 is 14.6 Å². The number of carbonyl (C=O) groups is 1. The van der Waals surface area contributed by atoms with E-state index in [-0.39, 0.29) is 5.69 Å². The summed E-state index contributed by atoms with van der Waals surface area (Å²) in [5, 5.41) is 15.4. The van der Waals surface area contributed by atoms with Crippen LogP contribution in [0, 0.1) is 0 Å². The molecule has 1 fully saturated rings. The number of nitrogens with zero attached hydrogens (tertiary/aromatic N) is 2. The molecule has 0 radical (unpaired) electrons. The Labute approximate surface area is 116 Å². The number of nitrogens with one attached hydrogen (secondary N) is 1. The Morgan fingerprint density at radius 3 is 2.55 bits per heavy atom. The van der Waals surface area contributed by atoms with E-state index in [0.29, 0.717) is 5.69 Å². The van der Waals surface area contributed by atoms with Crippen LogP contribution < -0.4 is 4.90 Å². The summed E-state index contributed by atoms with van der Waals surface area (Å²) in [7, 11) is 0. The Balaban J connectivity index is 1.79. The highest BCUT2D eigenvalue weighted by Crippen LogP contribution is 2.22. The maximum Gasteiger partial charge on any atom is 0.353 e. The standard InChI is InChI=1S/C14H15N3O3/c18-14(19)13-9-12(15-16-13)10-1-3-11(4-2-10)17-5-7-20-8-6-17/h1-4,9H,5-8H2,(H,15,16)(H,18,19). The summed E-state index contributed by atoms with van der Waals surface area (Å²) >= 11 is 0. The molecule has 1 saturated heterocycles. The van der Waals surface area contributed by atoms with Crippen molar-refractivity contribution in [3.05, 3.63) is 36.0 Å². The molecular weight excluding hydrogens is 258 g/mol. The van der Waals surface area contributed by atoms with Gasteiger partial charge in [-0.15, -0.1) is 0 Å². The number of carboxylic acid groups (broad SMARTS) is 1. The number of benzene rings is 1. The minimum absolute atomic E-state index is 0.0947. The zero-order chi connectivity index (χ0) is 13.9. The summed E-state index contributed by atoms with van der Waals surface area (Å²) in [6, 6.07) is 9.48. The molecule has 3 rings (SSSR count). The number of H-pyrrole nitrogens is 1. The Morgan fingerprint density at radius 1 is 1.25 bits per heavy atom. The number of rotatable bonds is 3. The fraction of sp³-hybridized carbons (Fsp3) is 0.286. The van der Waals surface area contributed by atoms with Crippen molar-refractivity contribution in [3.63, 3.8) is 0 Å². The molecule has 0 amide bonds.